The molecule has 90 valence electrons. The van der Waals surface area contributed by atoms with Crippen molar-refractivity contribution in [2.45, 2.75) is 25.8 Å². The van der Waals surface area contributed by atoms with E-state index in [0.29, 0.717) is 18.5 Å². The molecular weight excluding hydrogens is 208 g/mol. The quantitative estimate of drug-likeness (QED) is 0.657. The highest BCUT2D eigenvalue weighted by atomic mass is 16.5. The van der Waals surface area contributed by atoms with E-state index in [4.69, 9.17) is 4.74 Å². The van der Waals surface area contributed by atoms with E-state index in [1.807, 2.05) is 6.92 Å². The summed E-state index contributed by atoms with van der Waals surface area (Å²) < 4.78 is 4.86. The summed E-state index contributed by atoms with van der Waals surface area (Å²) in [4.78, 5) is 24.2. The zero-order valence-electron chi connectivity index (χ0n) is 9.57. The Morgan fingerprint density at radius 1 is 1.38 bits per heavy atom. The molecule has 2 aliphatic rings. The second kappa shape index (κ2) is 4.93. The number of hydrogen-bond acceptors (Lipinski definition) is 4. The van der Waals surface area contributed by atoms with Crippen molar-refractivity contribution in [3.63, 3.8) is 0 Å². The fraction of sp³-hybridized carbons (Fsp3) is 0.818. The highest BCUT2D eigenvalue weighted by Gasteiger charge is 2.28. The molecule has 1 aliphatic carbocycles. The van der Waals surface area contributed by atoms with Crippen LogP contribution in [0.1, 0.15) is 19.8 Å². The second-order valence-electron chi connectivity index (χ2n) is 4.68. The van der Waals surface area contributed by atoms with Crippen LogP contribution in [0.15, 0.2) is 0 Å². The lowest BCUT2D eigenvalue weighted by Crippen LogP contribution is -2.48. The van der Waals surface area contributed by atoms with E-state index in [0.717, 1.165) is 6.54 Å². The molecule has 0 aromatic heterocycles. The van der Waals surface area contributed by atoms with Crippen LogP contribution in [0.25, 0.3) is 0 Å². The first-order valence-corrected chi connectivity index (χ1v) is 5.81. The van der Waals surface area contributed by atoms with Gasteiger partial charge in [0.05, 0.1) is 0 Å². The molecular formula is C11H18N2O3. The molecule has 1 saturated carbocycles. The first kappa shape index (κ1) is 11.5. The summed E-state index contributed by atoms with van der Waals surface area (Å²) in [5, 5.41) is 3.40. The number of amides is 2. The minimum Gasteiger partial charge on any atom is -0.362 e. The third kappa shape index (κ3) is 3.02. The van der Waals surface area contributed by atoms with Gasteiger partial charge in [-0.2, -0.15) is 0 Å². The monoisotopic (exact) mass is 226 g/mol. The Morgan fingerprint density at radius 2 is 2.00 bits per heavy atom. The van der Waals surface area contributed by atoms with E-state index in [1.54, 1.807) is 0 Å². The average Bonchev–Trinajstić information content (AvgIpc) is 3.04. The maximum Gasteiger partial charge on any atom is 0.255 e. The molecule has 1 unspecified atom stereocenters. The maximum atomic E-state index is 11.5. The highest BCUT2D eigenvalue weighted by molar-refractivity contribution is 5.98. The van der Waals surface area contributed by atoms with Gasteiger partial charge in [0, 0.05) is 12.6 Å². The van der Waals surface area contributed by atoms with E-state index in [-0.39, 0.29) is 25.0 Å². The Morgan fingerprint density at radius 3 is 2.56 bits per heavy atom. The normalized spacial score (nSPS) is 23.7. The molecule has 5 heteroatoms. The minimum absolute atomic E-state index is 0.0362. The summed E-state index contributed by atoms with van der Waals surface area (Å²) in [6, 6.07) is 0.665. The van der Waals surface area contributed by atoms with Crippen molar-refractivity contribution in [3.8, 4) is 0 Å². The van der Waals surface area contributed by atoms with Crippen LogP contribution >= 0.6 is 0 Å². The number of imide groups is 1. The predicted molar refractivity (Wildman–Crippen MR) is 57.7 cm³/mol. The SMILES string of the molecule is CC(CNC1CC1)CN1C(=O)COCC1=O. The number of nitrogens with zero attached hydrogens (tertiary/aromatic N) is 1. The summed E-state index contributed by atoms with van der Waals surface area (Å²) >= 11 is 0. The minimum atomic E-state index is -0.213. The van der Waals surface area contributed by atoms with Gasteiger partial charge in [0.1, 0.15) is 13.2 Å². The van der Waals surface area contributed by atoms with Gasteiger partial charge >= 0.3 is 0 Å². The summed E-state index contributed by atoms with van der Waals surface area (Å²) in [7, 11) is 0. The third-order valence-corrected chi connectivity index (χ3v) is 2.88. The fourth-order valence-electron chi connectivity index (χ4n) is 1.76. The number of rotatable bonds is 5. The lowest BCUT2D eigenvalue weighted by atomic mass is 10.1. The molecule has 5 nitrogen and oxygen atoms in total. The average molecular weight is 226 g/mol. The van der Waals surface area contributed by atoms with Gasteiger partial charge in [-0.15, -0.1) is 0 Å². The van der Waals surface area contributed by atoms with Crippen molar-refractivity contribution < 1.29 is 14.3 Å². The van der Waals surface area contributed by atoms with Gasteiger partial charge in [0.15, 0.2) is 0 Å². The molecule has 16 heavy (non-hydrogen) atoms. The van der Waals surface area contributed by atoms with Gasteiger partial charge in [-0.25, -0.2) is 0 Å². The Bertz CT molecular complexity index is 273. The molecule has 0 aromatic rings. The molecule has 0 aromatic carbocycles. The summed E-state index contributed by atoms with van der Waals surface area (Å²) in [6.45, 7) is 3.48. The largest absolute Gasteiger partial charge is 0.362 e. The number of morpholine rings is 1. The molecule has 1 heterocycles. The van der Waals surface area contributed by atoms with Crippen LogP contribution in [0, 0.1) is 5.92 Å². The highest BCUT2D eigenvalue weighted by Crippen LogP contribution is 2.18. The summed E-state index contributed by atoms with van der Waals surface area (Å²) in [5.41, 5.74) is 0. The smallest absolute Gasteiger partial charge is 0.255 e. The standard InChI is InChI=1S/C11H18N2O3/c1-8(4-12-9-2-3-9)5-13-10(14)6-16-7-11(13)15/h8-9,12H,2-7H2,1H3. The van der Waals surface area contributed by atoms with Gasteiger partial charge in [0.2, 0.25) is 0 Å². The van der Waals surface area contributed by atoms with E-state index in [1.165, 1.54) is 17.7 Å². The van der Waals surface area contributed by atoms with Crippen molar-refractivity contribution in [3.05, 3.63) is 0 Å². The Balaban J connectivity index is 1.76. The molecule has 1 atom stereocenters. The Hall–Kier alpha value is -0.940. The van der Waals surface area contributed by atoms with E-state index in [9.17, 15) is 9.59 Å². The van der Waals surface area contributed by atoms with E-state index in [2.05, 4.69) is 5.32 Å². The number of hydrogen-bond donors (Lipinski definition) is 1. The van der Waals surface area contributed by atoms with Crippen LogP contribution in [-0.4, -0.2) is 49.1 Å². The number of ether oxygens (including phenoxy) is 1. The van der Waals surface area contributed by atoms with Crippen molar-refractivity contribution in [2.24, 2.45) is 5.92 Å². The fourth-order valence-corrected chi connectivity index (χ4v) is 1.76. The maximum absolute atomic E-state index is 11.5. The topological polar surface area (TPSA) is 58.6 Å². The molecule has 0 radical (unpaired) electrons. The molecule has 2 fully saturated rings. The second-order valence-corrected chi connectivity index (χ2v) is 4.68. The first-order valence-electron chi connectivity index (χ1n) is 5.81. The van der Waals surface area contributed by atoms with Gasteiger partial charge in [-0.3, -0.25) is 14.5 Å². The Labute approximate surface area is 95.1 Å². The number of carbonyl (C=O) groups is 2. The predicted octanol–water partition coefficient (Wildman–Crippen LogP) is -0.240. The van der Waals surface area contributed by atoms with Gasteiger partial charge in [0.25, 0.3) is 11.8 Å². The summed E-state index contributed by atoms with van der Waals surface area (Å²) in [6.07, 6.45) is 2.50. The summed E-state index contributed by atoms with van der Waals surface area (Å²) in [5.74, 6) is -0.129. The number of nitrogens with one attached hydrogen (secondary N) is 1. The molecule has 1 aliphatic heterocycles. The lowest BCUT2D eigenvalue weighted by Gasteiger charge is -2.27. The molecule has 2 rings (SSSR count). The van der Waals surface area contributed by atoms with Crippen LogP contribution in [0.3, 0.4) is 0 Å². The van der Waals surface area contributed by atoms with Crippen molar-refractivity contribution in [1.82, 2.24) is 10.2 Å². The molecule has 0 spiro atoms. The van der Waals surface area contributed by atoms with E-state index >= 15 is 0 Å². The number of carbonyl (C=O) groups excluding carboxylic acids is 2. The van der Waals surface area contributed by atoms with Crippen molar-refractivity contribution in [2.75, 3.05) is 26.3 Å². The van der Waals surface area contributed by atoms with Crippen molar-refractivity contribution >= 4 is 11.8 Å². The van der Waals surface area contributed by atoms with E-state index < -0.39 is 0 Å². The van der Waals surface area contributed by atoms with Gasteiger partial charge in [-0.1, -0.05) is 6.92 Å². The van der Waals surface area contributed by atoms with Gasteiger partial charge < -0.3 is 10.1 Å². The zero-order chi connectivity index (χ0) is 11.5. The third-order valence-electron chi connectivity index (χ3n) is 2.88. The molecule has 1 N–H and O–H groups in total. The van der Waals surface area contributed by atoms with Gasteiger partial charge in [-0.05, 0) is 25.3 Å². The van der Waals surface area contributed by atoms with Crippen molar-refractivity contribution in [1.29, 1.82) is 0 Å². The molecule has 2 amide bonds. The van der Waals surface area contributed by atoms with Crippen LogP contribution in [0.5, 0.6) is 0 Å². The van der Waals surface area contributed by atoms with Crippen LogP contribution in [0.2, 0.25) is 0 Å². The van der Waals surface area contributed by atoms with Crippen LogP contribution in [0.4, 0.5) is 0 Å². The van der Waals surface area contributed by atoms with Crippen LogP contribution < -0.4 is 5.32 Å². The zero-order valence-corrected chi connectivity index (χ0v) is 9.57. The molecule has 0 bridgehead atoms. The lowest BCUT2D eigenvalue weighted by molar-refractivity contribution is -0.159. The molecule has 1 saturated heterocycles. The first-order chi connectivity index (χ1) is 7.66. The van der Waals surface area contributed by atoms with Crippen LogP contribution in [-0.2, 0) is 14.3 Å². The Kier molecular flexibility index (Phi) is 3.56.